The first-order valence-electron chi connectivity index (χ1n) is 38.5. The normalized spacial score (nSPS) is 22.5. The van der Waals surface area contributed by atoms with Crippen LogP contribution in [0.2, 0.25) is 0 Å². The molecule has 3 atom stereocenters. The van der Waals surface area contributed by atoms with E-state index in [0.717, 1.165) is 56.8 Å². The van der Waals surface area contributed by atoms with Gasteiger partial charge in [0.1, 0.15) is 16.8 Å². The van der Waals surface area contributed by atoms with Gasteiger partial charge in [-0.25, -0.2) is 25.3 Å². The molecule has 0 aromatic heterocycles. The summed E-state index contributed by atoms with van der Waals surface area (Å²) in [6, 6.07) is 96.5. The average Bonchev–Trinajstić information content (AvgIpc) is 0.756. The number of carbonyl (C=O) groups excluding carboxylic acids is 3. The zero-order valence-electron chi connectivity index (χ0n) is 64.7. The van der Waals surface area contributed by atoms with Crippen LogP contribution >= 0.6 is 0 Å². The second-order valence-corrected chi connectivity index (χ2v) is 42.0. The van der Waals surface area contributed by atoms with E-state index in [1.165, 1.54) is 90.5 Å². The van der Waals surface area contributed by atoms with Crippen molar-refractivity contribution >= 4 is 80.9 Å². The minimum atomic E-state index is -4.40. The second kappa shape index (κ2) is 39.5. The van der Waals surface area contributed by atoms with Gasteiger partial charge in [0.05, 0.1) is 98.1 Å². The minimum absolute atomic E-state index is 0.0146. The number of esters is 3. The Labute approximate surface area is 672 Å². The fraction of sp³-hybridized carbons (Fsp3) is 0.374. The Morgan fingerprint density at radius 3 is 0.741 bits per heavy atom. The molecule has 594 valence electrons. The first-order chi connectivity index (χ1) is 53.3. The maximum atomic E-state index is 12.2. The van der Waals surface area contributed by atoms with Gasteiger partial charge in [-0.2, -0.15) is 0 Å². The van der Waals surface area contributed by atoms with Crippen molar-refractivity contribution in [3.8, 4) is 0 Å². The van der Waals surface area contributed by atoms with Crippen LogP contribution in [0, 0.1) is 59.2 Å². The van der Waals surface area contributed by atoms with Gasteiger partial charge < -0.3 is 27.9 Å². The quantitative estimate of drug-likeness (QED) is 0.0298. The summed E-state index contributed by atoms with van der Waals surface area (Å²) < 4.78 is 112. The fourth-order valence-electron chi connectivity index (χ4n) is 16.8. The van der Waals surface area contributed by atoms with Gasteiger partial charge in [-0.05, 0) is 249 Å². The predicted molar refractivity (Wildman–Crippen MR) is 440 cm³/mol. The summed E-state index contributed by atoms with van der Waals surface area (Å²) in [5, 5.41) is 0. The highest BCUT2D eigenvalue weighted by Crippen LogP contribution is 2.60. The maximum Gasteiger partial charge on any atom is 0.310 e. The molecule has 8 aliphatic carbocycles. The highest BCUT2D eigenvalue weighted by Gasteiger charge is 2.58. The molecule has 8 fully saturated rings. The Hall–Kier alpha value is -7.83. The Kier molecular flexibility index (Phi) is 30.5. The van der Waals surface area contributed by atoms with Crippen molar-refractivity contribution in [2.24, 2.45) is 59.2 Å². The molecule has 0 aliphatic heterocycles. The summed E-state index contributed by atoms with van der Waals surface area (Å²) in [5.74, 6) is -2.15. The fourth-order valence-corrected chi connectivity index (χ4v) is 25.4. The third-order valence-electron chi connectivity index (χ3n) is 21.2. The van der Waals surface area contributed by atoms with E-state index in [-0.39, 0.29) is 38.3 Å². The van der Waals surface area contributed by atoms with Crippen LogP contribution in [0.15, 0.2) is 317 Å². The highest BCUT2D eigenvalue weighted by molar-refractivity contribution is 7.97. The molecular weight excluding hydrogens is 1530 g/mol. The molecule has 17 rings (SSSR count). The van der Waals surface area contributed by atoms with Gasteiger partial charge in [0, 0.05) is 0 Å². The van der Waals surface area contributed by atoms with Crippen LogP contribution < -0.4 is 0 Å². The summed E-state index contributed by atoms with van der Waals surface area (Å²) >= 11 is 0. The van der Waals surface area contributed by atoms with Crippen LogP contribution in [-0.4, -0.2) is 90.9 Å². The van der Waals surface area contributed by atoms with E-state index in [2.05, 4.69) is 273 Å². The topological polar surface area (TPSA) is 250 Å². The Morgan fingerprint density at radius 1 is 0.339 bits per heavy atom. The highest BCUT2D eigenvalue weighted by atomic mass is 32.2. The monoisotopic (exact) mass is 1630 g/mol. The van der Waals surface area contributed by atoms with E-state index < -0.39 is 94.5 Å². The van der Waals surface area contributed by atoms with Crippen molar-refractivity contribution < 1.29 is 67.5 Å². The number of carbonyl (C=O) groups is 3. The number of benzene rings is 9. The molecule has 0 saturated heterocycles. The van der Waals surface area contributed by atoms with Gasteiger partial charge in [-0.3, -0.25) is 14.4 Å². The SMILES string of the molecule is CC(CS(=O)(=O)[O-])C(=O)OC(C)(C)C.CC(CS(=O)(=O)[O-])C(=O)OC1(C)C2CC3CC(C2)CC1C3.CC(CS(=O)(=O)[O-])C(=O)OC12CC3CC(CC(C3)C1)C2.c1ccc([S+](c2ccccc2)c2ccccc2)cc1.c1ccc([S+](c2ccccc2)c2ccccc2)cc1.c1ccc([S+](c2ccccc2)c2ccccc2)cc1. The molecule has 0 heterocycles. The van der Waals surface area contributed by atoms with E-state index in [1.54, 1.807) is 20.8 Å². The average molecular weight is 1630 g/mol. The van der Waals surface area contributed by atoms with Crippen molar-refractivity contribution in [3.05, 3.63) is 273 Å². The van der Waals surface area contributed by atoms with Gasteiger partial charge in [0.15, 0.2) is 44.1 Å². The summed E-state index contributed by atoms with van der Waals surface area (Å²) in [5.41, 5.74) is -1.50. The van der Waals surface area contributed by atoms with E-state index in [1.807, 2.05) is 6.92 Å². The summed E-state index contributed by atoms with van der Waals surface area (Å²) in [6.07, 6.45) is 12.3. The van der Waals surface area contributed by atoms with Crippen molar-refractivity contribution in [1.82, 2.24) is 0 Å². The number of hydrogen-bond donors (Lipinski definition) is 0. The first-order valence-corrected chi connectivity index (χ1v) is 46.9. The molecule has 0 spiro atoms. The molecule has 15 nitrogen and oxygen atoms in total. The third-order valence-corrected chi connectivity index (χ3v) is 30.6. The molecule has 9 aromatic carbocycles. The number of rotatable bonds is 20. The van der Waals surface area contributed by atoms with Crippen LogP contribution in [-0.2, 0) is 91.6 Å². The molecule has 8 bridgehead atoms. The van der Waals surface area contributed by atoms with Crippen LogP contribution in [0.1, 0.15) is 119 Å². The summed E-state index contributed by atoms with van der Waals surface area (Å²) in [4.78, 5) is 47.7. The van der Waals surface area contributed by atoms with Gasteiger partial charge >= 0.3 is 17.9 Å². The molecule has 8 saturated carbocycles. The van der Waals surface area contributed by atoms with Crippen molar-refractivity contribution in [3.63, 3.8) is 0 Å². The molecular formula is C91H104O15S6. The Balaban J connectivity index is 0.000000143. The molecule has 3 unspecified atom stereocenters. The van der Waals surface area contributed by atoms with Gasteiger partial charge in [-0.15, -0.1) is 0 Å². The standard InChI is InChI=1S/3C18H15S.C15H24O5S.C14H22O5S.C8H16O5S/c3*1-4-10-16(11-5-1)19(17-12-6-2-7-13-17)18-14-8-3-9-15-18;1-9(8-21(17,18)19)14(16)20-15(2)12-4-10-3-11(6-12)7-13(15)5-10;1-9(8-20(16,17)18)13(15)19-14-5-10-2-11(6-14)4-12(3-10)7-14;1-6(5-14(10,11)12)7(9)13-8(2,3)4/h3*1-15H;9-13H,3-8H2,1-2H3,(H,17,18,19);9-12H,2-8H2,1H3,(H,16,17,18);6H,5H2,1-4H3,(H,10,11,12)/q3*+1;;;/p-3. The van der Waals surface area contributed by atoms with Gasteiger partial charge in [0.2, 0.25) is 0 Å². The number of hydrogen-bond acceptors (Lipinski definition) is 15. The van der Waals surface area contributed by atoms with E-state index in [9.17, 15) is 53.3 Å². The lowest BCUT2D eigenvalue weighted by Crippen LogP contribution is -2.58. The van der Waals surface area contributed by atoms with Crippen molar-refractivity contribution in [1.29, 1.82) is 0 Å². The van der Waals surface area contributed by atoms with E-state index in [0.29, 0.717) is 29.6 Å². The predicted octanol–water partition coefficient (Wildman–Crippen LogP) is 18.5. The molecule has 9 aromatic rings. The minimum Gasteiger partial charge on any atom is -0.748 e. The lowest BCUT2D eigenvalue weighted by molar-refractivity contribution is -0.206. The summed E-state index contributed by atoms with van der Waals surface area (Å²) in [7, 11) is -13.2. The van der Waals surface area contributed by atoms with Crippen LogP contribution in [0.3, 0.4) is 0 Å². The van der Waals surface area contributed by atoms with Crippen LogP contribution in [0.5, 0.6) is 0 Å². The molecule has 0 amide bonds. The van der Waals surface area contributed by atoms with Crippen LogP contribution in [0.25, 0.3) is 0 Å². The smallest absolute Gasteiger partial charge is 0.310 e. The summed E-state index contributed by atoms with van der Waals surface area (Å²) in [6.45, 7) is 11.3. The van der Waals surface area contributed by atoms with Gasteiger partial charge in [0.25, 0.3) is 0 Å². The molecule has 0 N–H and O–H groups in total. The Morgan fingerprint density at radius 2 is 0.536 bits per heavy atom. The molecule has 0 radical (unpaired) electrons. The zero-order valence-corrected chi connectivity index (χ0v) is 69.6. The third kappa shape index (κ3) is 25.8. The molecule has 8 aliphatic rings. The maximum absolute atomic E-state index is 12.2. The second-order valence-electron chi connectivity index (χ2n) is 31.6. The molecule has 21 heteroatoms. The first kappa shape index (κ1) is 86.6. The molecule has 112 heavy (non-hydrogen) atoms. The van der Waals surface area contributed by atoms with Crippen LogP contribution in [0.4, 0.5) is 0 Å². The largest absolute Gasteiger partial charge is 0.748 e. The van der Waals surface area contributed by atoms with Crippen molar-refractivity contribution in [2.45, 2.75) is 180 Å². The zero-order chi connectivity index (χ0) is 80.3. The van der Waals surface area contributed by atoms with E-state index >= 15 is 0 Å². The van der Waals surface area contributed by atoms with Gasteiger partial charge in [-0.1, -0.05) is 185 Å². The van der Waals surface area contributed by atoms with E-state index in [4.69, 9.17) is 14.2 Å². The lowest BCUT2D eigenvalue weighted by atomic mass is 9.50. The Bertz CT molecular complexity index is 4150. The lowest BCUT2D eigenvalue weighted by Gasteiger charge is -2.59. The van der Waals surface area contributed by atoms with Crippen molar-refractivity contribution in [2.75, 3.05) is 17.3 Å². The number of ether oxygens (including phenoxy) is 3.